The maximum Gasteiger partial charge on any atom is 0.214 e. The molecule has 0 amide bonds. The molecule has 0 aromatic rings. The molecule has 1 saturated carbocycles. The van der Waals surface area contributed by atoms with Gasteiger partial charge in [0.2, 0.25) is 10.0 Å². The van der Waals surface area contributed by atoms with Crippen molar-refractivity contribution < 1.29 is 8.42 Å². The van der Waals surface area contributed by atoms with Gasteiger partial charge in [0.1, 0.15) is 0 Å². The standard InChI is InChI=1S/C12H23NO2S/c1-5-16(14,15)13-9-12(4)7-10(13)6-11(2,3)8-12/h10H,5-9H2,1-4H3/t10-,12+/m0/s1. The number of sulfonamides is 1. The molecular formula is C12H23NO2S. The molecule has 1 aliphatic heterocycles. The third-order valence-electron chi connectivity index (χ3n) is 4.09. The second kappa shape index (κ2) is 3.45. The van der Waals surface area contributed by atoms with Crippen molar-refractivity contribution in [3.63, 3.8) is 0 Å². The summed E-state index contributed by atoms with van der Waals surface area (Å²) in [7, 11) is -3.01. The third kappa shape index (κ3) is 2.02. The molecule has 1 heterocycles. The quantitative estimate of drug-likeness (QED) is 0.748. The molecule has 3 nitrogen and oxygen atoms in total. The van der Waals surface area contributed by atoms with Crippen molar-refractivity contribution in [3.05, 3.63) is 0 Å². The highest BCUT2D eigenvalue weighted by molar-refractivity contribution is 7.89. The van der Waals surface area contributed by atoms with Gasteiger partial charge in [-0.1, -0.05) is 20.8 Å². The lowest BCUT2D eigenvalue weighted by Crippen LogP contribution is -2.38. The van der Waals surface area contributed by atoms with Crippen molar-refractivity contribution in [2.45, 2.75) is 53.0 Å². The van der Waals surface area contributed by atoms with Gasteiger partial charge >= 0.3 is 0 Å². The first-order valence-corrected chi connectivity index (χ1v) is 7.78. The summed E-state index contributed by atoms with van der Waals surface area (Å²) in [6.07, 6.45) is 3.21. The highest BCUT2D eigenvalue weighted by Gasteiger charge is 2.52. The topological polar surface area (TPSA) is 37.4 Å². The van der Waals surface area contributed by atoms with Crippen LogP contribution in [-0.2, 0) is 10.0 Å². The van der Waals surface area contributed by atoms with Gasteiger partial charge in [0, 0.05) is 12.6 Å². The molecule has 2 rings (SSSR count). The summed E-state index contributed by atoms with van der Waals surface area (Å²) in [6.45, 7) is 9.24. The lowest BCUT2D eigenvalue weighted by Gasteiger charge is -2.39. The van der Waals surface area contributed by atoms with Crippen LogP contribution >= 0.6 is 0 Å². The number of hydrogen-bond donors (Lipinski definition) is 0. The van der Waals surface area contributed by atoms with Gasteiger partial charge in [-0.2, -0.15) is 4.31 Å². The van der Waals surface area contributed by atoms with Crippen molar-refractivity contribution in [2.75, 3.05) is 12.3 Å². The number of fused-ring (bicyclic) bond motifs is 2. The first kappa shape index (κ1) is 12.4. The van der Waals surface area contributed by atoms with E-state index in [2.05, 4.69) is 20.8 Å². The van der Waals surface area contributed by atoms with E-state index in [1.165, 1.54) is 0 Å². The Balaban J connectivity index is 2.30. The summed E-state index contributed by atoms with van der Waals surface area (Å²) < 4.78 is 25.8. The Morgan fingerprint density at radius 2 is 1.88 bits per heavy atom. The van der Waals surface area contributed by atoms with Gasteiger partial charge in [0.15, 0.2) is 0 Å². The zero-order valence-corrected chi connectivity index (χ0v) is 11.6. The van der Waals surface area contributed by atoms with Crippen molar-refractivity contribution in [1.82, 2.24) is 4.31 Å². The monoisotopic (exact) mass is 245 g/mol. The highest BCUT2D eigenvalue weighted by atomic mass is 32.2. The molecule has 0 spiro atoms. The molecule has 0 aromatic heterocycles. The largest absolute Gasteiger partial charge is 0.214 e. The van der Waals surface area contributed by atoms with Gasteiger partial charge in [-0.25, -0.2) is 8.42 Å². The van der Waals surface area contributed by atoms with E-state index in [1.807, 2.05) is 0 Å². The Labute approximate surface area is 99.3 Å². The normalized spacial score (nSPS) is 38.9. The molecule has 2 aliphatic rings. The van der Waals surface area contributed by atoms with Gasteiger partial charge in [0.25, 0.3) is 0 Å². The summed E-state index contributed by atoms with van der Waals surface area (Å²) in [6, 6.07) is 0.249. The van der Waals surface area contributed by atoms with Crippen LogP contribution in [0.15, 0.2) is 0 Å². The van der Waals surface area contributed by atoms with Gasteiger partial charge in [-0.05, 0) is 37.0 Å². The van der Waals surface area contributed by atoms with Crippen LogP contribution in [0.2, 0.25) is 0 Å². The van der Waals surface area contributed by atoms with Crippen LogP contribution in [0.25, 0.3) is 0 Å². The smallest absolute Gasteiger partial charge is 0.212 e. The minimum absolute atomic E-state index is 0.203. The van der Waals surface area contributed by atoms with E-state index in [4.69, 9.17) is 0 Å². The molecule has 0 N–H and O–H groups in total. The van der Waals surface area contributed by atoms with E-state index in [9.17, 15) is 8.42 Å². The second-order valence-electron chi connectivity index (χ2n) is 6.66. The Morgan fingerprint density at radius 3 is 2.44 bits per heavy atom. The van der Waals surface area contributed by atoms with Crippen LogP contribution in [0.3, 0.4) is 0 Å². The minimum Gasteiger partial charge on any atom is -0.212 e. The molecule has 0 unspecified atom stereocenters. The van der Waals surface area contributed by atoms with Gasteiger partial charge in [-0.3, -0.25) is 0 Å². The summed E-state index contributed by atoms with van der Waals surface area (Å²) in [4.78, 5) is 0. The molecule has 2 atom stereocenters. The summed E-state index contributed by atoms with van der Waals surface area (Å²) in [5, 5.41) is 0. The van der Waals surface area contributed by atoms with E-state index in [-0.39, 0.29) is 22.6 Å². The van der Waals surface area contributed by atoms with E-state index in [0.29, 0.717) is 0 Å². The second-order valence-corrected chi connectivity index (χ2v) is 8.87. The molecule has 1 aliphatic carbocycles. The summed E-state index contributed by atoms with van der Waals surface area (Å²) >= 11 is 0. The maximum absolute atomic E-state index is 12.0. The third-order valence-corrected chi connectivity index (χ3v) is 5.96. The van der Waals surface area contributed by atoms with Gasteiger partial charge < -0.3 is 0 Å². The fraction of sp³-hybridized carbons (Fsp3) is 1.00. The Kier molecular flexibility index (Phi) is 2.67. The Morgan fingerprint density at radius 1 is 1.25 bits per heavy atom. The summed E-state index contributed by atoms with van der Waals surface area (Å²) in [5.41, 5.74) is 0.490. The molecule has 1 saturated heterocycles. The Hall–Kier alpha value is -0.0900. The van der Waals surface area contributed by atoms with Crippen molar-refractivity contribution in [3.8, 4) is 0 Å². The lowest BCUT2D eigenvalue weighted by molar-refractivity contribution is 0.133. The zero-order valence-electron chi connectivity index (χ0n) is 10.8. The first-order chi connectivity index (χ1) is 7.18. The average molecular weight is 245 g/mol. The molecule has 0 aromatic carbocycles. The van der Waals surface area contributed by atoms with E-state index >= 15 is 0 Å². The summed E-state index contributed by atoms with van der Waals surface area (Å²) in [5.74, 6) is 0.236. The van der Waals surface area contributed by atoms with Crippen molar-refractivity contribution in [2.24, 2.45) is 10.8 Å². The van der Waals surface area contributed by atoms with E-state index in [1.54, 1.807) is 11.2 Å². The number of hydrogen-bond acceptors (Lipinski definition) is 2. The fourth-order valence-electron chi connectivity index (χ4n) is 3.90. The first-order valence-electron chi connectivity index (χ1n) is 6.17. The average Bonchev–Trinajstić information content (AvgIpc) is 2.35. The van der Waals surface area contributed by atoms with Gasteiger partial charge in [-0.15, -0.1) is 0 Å². The van der Waals surface area contributed by atoms with Crippen LogP contribution in [0.1, 0.15) is 47.0 Å². The predicted molar refractivity (Wildman–Crippen MR) is 65.7 cm³/mol. The molecule has 0 radical (unpaired) electrons. The fourth-order valence-corrected chi connectivity index (χ4v) is 5.34. The minimum atomic E-state index is -3.01. The van der Waals surface area contributed by atoms with Crippen molar-refractivity contribution >= 4 is 10.0 Å². The molecule has 2 fully saturated rings. The maximum atomic E-state index is 12.0. The molecule has 16 heavy (non-hydrogen) atoms. The molecular weight excluding hydrogens is 222 g/mol. The van der Waals surface area contributed by atoms with Crippen LogP contribution < -0.4 is 0 Å². The van der Waals surface area contributed by atoms with Crippen LogP contribution in [0.5, 0.6) is 0 Å². The molecule has 4 heteroatoms. The predicted octanol–water partition coefficient (Wildman–Crippen LogP) is 2.24. The van der Waals surface area contributed by atoms with Crippen molar-refractivity contribution in [1.29, 1.82) is 0 Å². The van der Waals surface area contributed by atoms with Crippen LogP contribution in [0.4, 0.5) is 0 Å². The van der Waals surface area contributed by atoms with E-state index in [0.717, 1.165) is 25.8 Å². The molecule has 2 bridgehead atoms. The van der Waals surface area contributed by atoms with E-state index < -0.39 is 10.0 Å². The number of rotatable bonds is 2. The number of nitrogens with zero attached hydrogens (tertiary/aromatic N) is 1. The van der Waals surface area contributed by atoms with Crippen LogP contribution in [-0.4, -0.2) is 31.1 Å². The Bertz CT molecular complexity index is 388. The highest BCUT2D eigenvalue weighted by Crippen LogP contribution is 2.53. The molecule has 94 valence electrons. The zero-order chi connectivity index (χ0) is 12.2. The van der Waals surface area contributed by atoms with Gasteiger partial charge in [0.05, 0.1) is 5.75 Å². The lowest BCUT2D eigenvalue weighted by atomic mass is 9.65. The SMILES string of the molecule is CCS(=O)(=O)N1C[C@]2(C)C[C@@H]1CC(C)(C)C2. The van der Waals surface area contributed by atoms with Crippen LogP contribution in [0, 0.1) is 10.8 Å².